The molecule has 1 saturated heterocycles. The van der Waals surface area contributed by atoms with Crippen molar-refractivity contribution < 1.29 is 19.3 Å². The topological polar surface area (TPSA) is 67.3 Å². The molecule has 156 valence electrons. The van der Waals surface area contributed by atoms with E-state index in [2.05, 4.69) is 21.8 Å². The lowest BCUT2D eigenvalue weighted by atomic mass is 9.99. The van der Waals surface area contributed by atoms with Crippen LogP contribution in [0.15, 0.2) is 36.5 Å². The van der Waals surface area contributed by atoms with Gasteiger partial charge in [-0.3, -0.25) is 9.88 Å². The van der Waals surface area contributed by atoms with Crippen molar-refractivity contribution >= 4 is 0 Å². The van der Waals surface area contributed by atoms with Gasteiger partial charge in [-0.15, -0.1) is 0 Å². The number of piperidine rings is 1. The van der Waals surface area contributed by atoms with Crippen molar-refractivity contribution in [2.75, 3.05) is 40.6 Å². The molecule has 2 aliphatic heterocycles. The highest BCUT2D eigenvalue weighted by Gasteiger charge is 2.31. The van der Waals surface area contributed by atoms with Gasteiger partial charge in [0.15, 0.2) is 11.5 Å². The Bertz CT molecular complexity index is 817. The van der Waals surface area contributed by atoms with Gasteiger partial charge in [0.05, 0.1) is 13.2 Å². The van der Waals surface area contributed by atoms with Gasteiger partial charge in [0.25, 0.3) is 0 Å². The van der Waals surface area contributed by atoms with E-state index in [4.69, 9.17) is 14.2 Å². The molecule has 1 N–H and O–H groups in total. The summed E-state index contributed by atoms with van der Waals surface area (Å²) < 4.78 is 16.5. The first-order chi connectivity index (χ1) is 14.1. The fourth-order valence-electron chi connectivity index (χ4n) is 4.17. The van der Waals surface area contributed by atoms with Crippen LogP contribution in [-0.2, 0) is 13.0 Å². The number of pyridine rings is 1. The molecule has 2 atom stereocenters. The van der Waals surface area contributed by atoms with Crippen LogP contribution in [0, 0.1) is 0 Å². The highest BCUT2D eigenvalue weighted by atomic mass is 16.7. The monoisotopic (exact) mass is 399 g/mol. The third-order valence-electron chi connectivity index (χ3n) is 5.81. The standard InChI is InChI=1S/C22H29N3O4/c1-24(9-6-17-5-3-4-8-23-17)18-7-10-25(14-19(18)26)13-16-11-21-22(29-15-28-21)12-20(16)27-2/h3-5,8,11-12,18-19,26H,6-7,9-10,13-15H2,1-2H3/t18-,19-/m1/s1. The fraction of sp³-hybridized carbons (Fsp3) is 0.500. The van der Waals surface area contributed by atoms with Crippen LogP contribution in [-0.4, -0.2) is 72.6 Å². The molecule has 7 heteroatoms. The predicted octanol–water partition coefficient (Wildman–Crippen LogP) is 1.93. The number of hydrogen-bond acceptors (Lipinski definition) is 7. The number of methoxy groups -OCH3 is 1. The Hall–Kier alpha value is -2.35. The lowest BCUT2D eigenvalue weighted by molar-refractivity contribution is -0.00637. The van der Waals surface area contributed by atoms with E-state index in [1.807, 2.05) is 36.5 Å². The second-order valence-electron chi connectivity index (χ2n) is 7.73. The van der Waals surface area contributed by atoms with Crippen LogP contribution in [0.3, 0.4) is 0 Å². The minimum atomic E-state index is -0.391. The first-order valence-electron chi connectivity index (χ1n) is 10.1. The number of aromatic nitrogens is 1. The van der Waals surface area contributed by atoms with Crippen LogP contribution in [0.4, 0.5) is 0 Å². The van der Waals surface area contributed by atoms with Gasteiger partial charge in [0, 0.05) is 62.2 Å². The van der Waals surface area contributed by atoms with Gasteiger partial charge in [-0.2, -0.15) is 0 Å². The number of nitrogens with zero attached hydrogens (tertiary/aromatic N) is 3. The highest BCUT2D eigenvalue weighted by molar-refractivity contribution is 5.51. The van der Waals surface area contributed by atoms with Gasteiger partial charge < -0.3 is 24.2 Å². The van der Waals surface area contributed by atoms with Gasteiger partial charge in [0.2, 0.25) is 6.79 Å². The molecule has 2 aliphatic rings. The normalized spacial score (nSPS) is 21.5. The van der Waals surface area contributed by atoms with E-state index in [-0.39, 0.29) is 12.8 Å². The molecule has 1 aromatic carbocycles. The number of aliphatic hydroxyl groups excluding tert-OH is 1. The quantitative estimate of drug-likeness (QED) is 0.763. The van der Waals surface area contributed by atoms with E-state index in [9.17, 15) is 5.11 Å². The largest absolute Gasteiger partial charge is 0.496 e. The summed E-state index contributed by atoms with van der Waals surface area (Å²) >= 11 is 0. The number of rotatable bonds is 7. The van der Waals surface area contributed by atoms with Gasteiger partial charge >= 0.3 is 0 Å². The van der Waals surface area contributed by atoms with E-state index in [1.54, 1.807) is 7.11 Å². The molecule has 0 aliphatic carbocycles. The number of hydrogen-bond donors (Lipinski definition) is 1. The second kappa shape index (κ2) is 8.98. The number of aliphatic hydroxyl groups is 1. The number of ether oxygens (including phenoxy) is 3. The third-order valence-corrected chi connectivity index (χ3v) is 5.81. The Morgan fingerprint density at radius 2 is 2.10 bits per heavy atom. The maximum Gasteiger partial charge on any atom is 0.231 e. The summed E-state index contributed by atoms with van der Waals surface area (Å²) in [5, 5.41) is 10.8. The Kier molecular flexibility index (Phi) is 6.18. The Morgan fingerprint density at radius 3 is 2.83 bits per heavy atom. The van der Waals surface area contributed by atoms with Crippen molar-refractivity contribution in [1.29, 1.82) is 0 Å². The lowest BCUT2D eigenvalue weighted by Crippen LogP contribution is -2.53. The Balaban J connectivity index is 1.33. The third kappa shape index (κ3) is 4.63. The Morgan fingerprint density at radius 1 is 1.28 bits per heavy atom. The van der Waals surface area contributed by atoms with Gasteiger partial charge in [-0.1, -0.05) is 6.07 Å². The van der Waals surface area contributed by atoms with Crippen LogP contribution in [0.25, 0.3) is 0 Å². The molecule has 4 rings (SSSR count). The van der Waals surface area contributed by atoms with Crippen LogP contribution < -0.4 is 14.2 Å². The van der Waals surface area contributed by atoms with Crippen molar-refractivity contribution in [1.82, 2.24) is 14.8 Å². The molecule has 1 aromatic heterocycles. The van der Waals surface area contributed by atoms with Crippen molar-refractivity contribution in [3.05, 3.63) is 47.8 Å². The SMILES string of the molecule is COc1cc2c(cc1CN1CC[C@@H](N(C)CCc3ccccn3)[C@H](O)C1)OCO2. The van der Waals surface area contributed by atoms with Crippen LogP contribution >= 0.6 is 0 Å². The maximum absolute atomic E-state index is 10.8. The Labute approximate surface area is 171 Å². The number of fused-ring (bicyclic) bond motifs is 1. The first-order valence-corrected chi connectivity index (χ1v) is 10.1. The molecule has 0 unspecified atom stereocenters. The molecule has 29 heavy (non-hydrogen) atoms. The summed E-state index contributed by atoms with van der Waals surface area (Å²) in [6.45, 7) is 3.40. The van der Waals surface area contributed by atoms with Crippen molar-refractivity contribution in [3.63, 3.8) is 0 Å². The zero-order valence-corrected chi connectivity index (χ0v) is 17.1. The number of likely N-dealkylation sites (tertiary alicyclic amines) is 1. The van der Waals surface area contributed by atoms with E-state index in [0.29, 0.717) is 13.1 Å². The van der Waals surface area contributed by atoms with Gasteiger partial charge in [-0.25, -0.2) is 0 Å². The average Bonchev–Trinajstić information content (AvgIpc) is 3.19. The maximum atomic E-state index is 10.8. The molecule has 0 amide bonds. The van der Waals surface area contributed by atoms with E-state index in [1.165, 1.54) is 0 Å². The minimum absolute atomic E-state index is 0.161. The molecule has 3 heterocycles. The molecule has 2 aromatic rings. The molecule has 7 nitrogen and oxygen atoms in total. The summed E-state index contributed by atoms with van der Waals surface area (Å²) in [5.74, 6) is 2.27. The zero-order valence-electron chi connectivity index (χ0n) is 17.1. The summed E-state index contributed by atoms with van der Waals surface area (Å²) in [6.07, 6.45) is 3.25. The summed E-state index contributed by atoms with van der Waals surface area (Å²) in [6, 6.07) is 10.0. The summed E-state index contributed by atoms with van der Waals surface area (Å²) in [7, 11) is 3.76. The molecule has 0 bridgehead atoms. The average molecular weight is 399 g/mol. The van der Waals surface area contributed by atoms with E-state index >= 15 is 0 Å². The summed E-state index contributed by atoms with van der Waals surface area (Å²) in [4.78, 5) is 8.92. The van der Waals surface area contributed by atoms with Crippen LogP contribution in [0.1, 0.15) is 17.7 Å². The van der Waals surface area contributed by atoms with E-state index in [0.717, 1.165) is 54.4 Å². The number of likely N-dealkylation sites (N-methyl/N-ethyl adjacent to an activating group) is 1. The predicted molar refractivity (Wildman–Crippen MR) is 109 cm³/mol. The number of benzene rings is 1. The van der Waals surface area contributed by atoms with Gasteiger partial charge in [0.1, 0.15) is 5.75 Å². The van der Waals surface area contributed by atoms with Crippen molar-refractivity contribution in [2.24, 2.45) is 0 Å². The molecule has 0 radical (unpaired) electrons. The molecular formula is C22H29N3O4. The smallest absolute Gasteiger partial charge is 0.231 e. The second-order valence-corrected chi connectivity index (χ2v) is 7.73. The van der Waals surface area contributed by atoms with E-state index < -0.39 is 6.10 Å². The van der Waals surface area contributed by atoms with Crippen LogP contribution in [0.5, 0.6) is 17.2 Å². The lowest BCUT2D eigenvalue weighted by Gasteiger charge is -2.40. The molecule has 0 spiro atoms. The van der Waals surface area contributed by atoms with Crippen molar-refractivity contribution in [3.8, 4) is 17.2 Å². The number of β-amino-alcohol motifs (C(OH)–C–C–N with tert-alkyl or cyclic N) is 1. The minimum Gasteiger partial charge on any atom is -0.496 e. The van der Waals surface area contributed by atoms with Crippen molar-refractivity contribution in [2.45, 2.75) is 31.5 Å². The highest BCUT2D eigenvalue weighted by Crippen LogP contribution is 2.38. The molecule has 0 saturated carbocycles. The summed E-state index contributed by atoms with van der Waals surface area (Å²) in [5.41, 5.74) is 2.13. The fourth-order valence-corrected chi connectivity index (χ4v) is 4.17. The first kappa shape index (κ1) is 19.9. The molecule has 1 fully saturated rings. The van der Waals surface area contributed by atoms with Crippen LogP contribution in [0.2, 0.25) is 0 Å². The van der Waals surface area contributed by atoms with Gasteiger partial charge in [-0.05, 0) is 31.7 Å². The molecular weight excluding hydrogens is 370 g/mol. The zero-order chi connectivity index (χ0) is 20.2.